The molecule has 1 heterocycles. The molecule has 0 spiro atoms. The maximum atomic E-state index is 12.4. The molecule has 5 nitrogen and oxygen atoms in total. The largest absolute Gasteiger partial charge is 0.480 e. The summed E-state index contributed by atoms with van der Waals surface area (Å²) in [4.78, 5) is 24.9. The predicted molar refractivity (Wildman–Crippen MR) is 78.6 cm³/mol. The molecule has 1 fully saturated rings. The number of halogens is 1. The second kappa shape index (κ2) is 6.35. The highest BCUT2D eigenvalue weighted by molar-refractivity contribution is 6.32. The molecule has 1 aliphatic heterocycles. The molecule has 114 valence electrons. The molecule has 6 heteroatoms. The molecule has 2 unspecified atom stereocenters. The molecule has 1 aliphatic rings. The van der Waals surface area contributed by atoms with Crippen LogP contribution in [0.4, 0.5) is 0 Å². The molecule has 1 saturated heterocycles. The van der Waals surface area contributed by atoms with E-state index in [4.69, 9.17) is 21.4 Å². The van der Waals surface area contributed by atoms with Gasteiger partial charge in [-0.3, -0.25) is 4.79 Å². The third-order valence-corrected chi connectivity index (χ3v) is 3.87. The first-order valence-electron chi connectivity index (χ1n) is 6.86. The van der Waals surface area contributed by atoms with E-state index >= 15 is 0 Å². The molecular weight excluding hydrogens is 294 g/mol. The van der Waals surface area contributed by atoms with Crippen molar-refractivity contribution in [2.24, 2.45) is 0 Å². The van der Waals surface area contributed by atoms with E-state index in [-0.39, 0.29) is 5.91 Å². The van der Waals surface area contributed by atoms with Crippen molar-refractivity contribution in [1.82, 2.24) is 4.90 Å². The number of carboxylic acids is 1. The summed E-state index contributed by atoms with van der Waals surface area (Å²) in [6.45, 7) is 3.96. The summed E-state index contributed by atoms with van der Waals surface area (Å²) in [7, 11) is 0. The van der Waals surface area contributed by atoms with Gasteiger partial charge in [-0.25, -0.2) is 4.79 Å². The van der Waals surface area contributed by atoms with E-state index in [0.29, 0.717) is 30.2 Å². The third-order valence-electron chi connectivity index (χ3n) is 3.56. The van der Waals surface area contributed by atoms with Crippen LogP contribution in [0.3, 0.4) is 0 Å². The van der Waals surface area contributed by atoms with Crippen LogP contribution in [0.2, 0.25) is 5.02 Å². The van der Waals surface area contributed by atoms with Gasteiger partial charge in [0.1, 0.15) is 11.8 Å². The van der Waals surface area contributed by atoms with E-state index in [1.807, 2.05) is 13.0 Å². The molecule has 2 rings (SSSR count). The number of hydrogen-bond donors (Lipinski definition) is 1. The summed E-state index contributed by atoms with van der Waals surface area (Å²) in [6, 6.07) is 4.56. The van der Waals surface area contributed by atoms with Gasteiger partial charge < -0.3 is 14.7 Å². The zero-order valence-corrected chi connectivity index (χ0v) is 12.8. The average molecular weight is 312 g/mol. The number of nitrogens with zero attached hydrogens (tertiary/aromatic N) is 1. The number of ether oxygens (including phenoxy) is 1. The van der Waals surface area contributed by atoms with E-state index in [2.05, 4.69) is 0 Å². The van der Waals surface area contributed by atoms with Crippen molar-refractivity contribution < 1.29 is 19.4 Å². The molecule has 0 bridgehead atoms. The van der Waals surface area contributed by atoms with Crippen LogP contribution in [-0.2, 0) is 9.59 Å². The first-order valence-corrected chi connectivity index (χ1v) is 7.24. The fourth-order valence-corrected chi connectivity index (χ4v) is 2.62. The summed E-state index contributed by atoms with van der Waals surface area (Å²) in [5.74, 6) is -0.859. The molecule has 2 atom stereocenters. The Morgan fingerprint density at radius 1 is 1.48 bits per heavy atom. The molecule has 1 N–H and O–H groups in total. The molecule has 0 aliphatic carbocycles. The molecule has 0 aromatic heterocycles. The number of aliphatic carboxylic acids is 1. The molecule has 21 heavy (non-hydrogen) atoms. The van der Waals surface area contributed by atoms with Gasteiger partial charge in [0, 0.05) is 6.54 Å². The molecular formula is C15H18ClNO4. The minimum Gasteiger partial charge on any atom is -0.480 e. The number of hydrogen-bond acceptors (Lipinski definition) is 3. The van der Waals surface area contributed by atoms with Gasteiger partial charge in [-0.05, 0) is 44.4 Å². The van der Waals surface area contributed by atoms with E-state index in [1.165, 1.54) is 4.90 Å². The smallest absolute Gasteiger partial charge is 0.326 e. The van der Waals surface area contributed by atoms with Crippen molar-refractivity contribution in [2.75, 3.05) is 6.54 Å². The molecule has 0 radical (unpaired) electrons. The highest BCUT2D eigenvalue weighted by Gasteiger charge is 2.36. The number of carbonyl (C=O) groups excluding carboxylic acids is 1. The summed E-state index contributed by atoms with van der Waals surface area (Å²) >= 11 is 6.04. The van der Waals surface area contributed by atoms with Gasteiger partial charge in [-0.1, -0.05) is 17.7 Å². The van der Waals surface area contributed by atoms with Gasteiger partial charge in [0.25, 0.3) is 5.91 Å². The zero-order chi connectivity index (χ0) is 15.6. The molecule has 0 saturated carbocycles. The van der Waals surface area contributed by atoms with Gasteiger partial charge in [0.15, 0.2) is 6.10 Å². The van der Waals surface area contributed by atoms with Crippen molar-refractivity contribution in [3.8, 4) is 5.75 Å². The normalized spacial score (nSPS) is 19.4. The number of likely N-dealkylation sites (tertiary alicyclic amines) is 1. The number of rotatable bonds is 4. The fraction of sp³-hybridized carbons (Fsp3) is 0.467. The Morgan fingerprint density at radius 2 is 2.19 bits per heavy atom. The number of carbonyl (C=O) groups is 2. The van der Waals surface area contributed by atoms with Crippen molar-refractivity contribution in [3.63, 3.8) is 0 Å². The maximum Gasteiger partial charge on any atom is 0.326 e. The zero-order valence-electron chi connectivity index (χ0n) is 12.0. The van der Waals surface area contributed by atoms with E-state index in [9.17, 15) is 9.59 Å². The third kappa shape index (κ3) is 3.47. The standard InChI is InChI=1S/C15H18ClNO4/c1-9-5-6-11(16)13(8-9)21-10(2)14(18)17-7-3-4-12(17)15(19)20/h5-6,8,10,12H,3-4,7H2,1-2H3,(H,19,20). The molecule has 1 aromatic carbocycles. The van der Waals surface area contributed by atoms with Crippen LogP contribution >= 0.6 is 11.6 Å². The van der Waals surface area contributed by atoms with Gasteiger partial charge in [0.2, 0.25) is 0 Å². The number of amides is 1. The first kappa shape index (κ1) is 15.6. The van der Waals surface area contributed by atoms with Crippen LogP contribution in [0.1, 0.15) is 25.3 Å². The van der Waals surface area contributed by atoms with Crippen LogP contribution in [0.5, 0.6) is 5.75 Å². The second-order valence-corrected chi connectivity index (χ2v) is 5.63. The molecule has 1 amide bonds. The van der Waals surface area contributed by atoms with Crippen LogP contribution in [-0.4, -0.2) is 40.6 Å². The van der Waals surface area contributed by atoms with E-state index in [0.717, 1.165) is 5.56 Å². The highest BCUT2D eigenvalue weighted by Crippen LogP contribution is 2.27. The minimum absolute atomic E-state index is 0.322. The van der Waals surface area contributed by atoms with Gasteiger partial charge in [0.05, 0.1) is 5.02 Å². The van der Waals surface area contributed by atoms with Crippen LogP contribution in [0, 0.1) is 6.92 Å². The summed E-state index contributed by atoms with van der Waals surface area (Å²) < 4.78 is 5.61. The van der Waals surface area contributed by atoms with Crippen molar-refractivity contribution >= 4 is 23.5 Å². The lowest BCUT2D eigenvalue weighted by Crippen LogP contribution is -2.46. The second-order valence-electron chi connectivity index (χ2n) is 5.22. The topological polar surface area (TPSA) is 66.8 Å². The summed E-state index contributed by atoms with van der Waals surface area (Å²) in [6.07, 6.45) is 0.406. The van der Waals surface area contributed by atoms with Crippen molar-refractivity contribution in [2.45, 2.75) is 38.8 Å². The molecule has 1 aromatic rings. The van der Waals surface area contributed by atoms with E-state index < -0.39 is 18.1 Å². The average Bonchev–Trinajstić information content (AvgIpc) is 2.91. The number of aryl methyl sites for hydroxylation is 1. The van der Waals surface area contributed by atoms with Crippen molar-refractivity contribution in [3.05, 3.63) is 28.8 Å². The van der Waals surface area contributed by atoms with Crippen LogP contribution in [0.25, 0.3) is 0 Å². The summed E-state index contributed by atoms with van der Waals surface area (Å²) in [5.41, 5.74) is 0.971. The monoisotopic (exact) mass is 311 g/mol. The Balaban J connectivity index is 2.09. The van der Waals surface area contributed by atoms with Gasteiger partial charge in [-0.15, -0.1) is 0 Å². The number of benzene rings is 1. The first-order chi connectivity index (χ1) is 9.90. The quantitative estimate of drug-likeness (QED) is 0.927. The Hall–Kier alpha value is -1.75. The lowest BCUT2D eigenvalue weighted by Gasteiger charge is -2.25. The Morgan fingerprint density at radius 3 is 2.86 bits per heavy atom. The Labute approximate surface area is 128 Å². The van der Waals surface area contributed by atoms with Crippen molar-refractivity contribution in [1.29, 1.82) is 0 Å². The van der Waals surface area contributed by atoms with E-state index in [1.54, 1.807) is 19.1 Å². The maximum absolute atomic E-state index is 12.4. The van der Waals surface area contributed by atoms with Gasteiger partial charge in [-0.2, -0.15) is 0 Å². The van der Waals surface area contributed by atoms with Crippen LogP contribution < -0.4 is 4.74 Å². The van der Waals surface area contributed by atoms with Crippen LogP contribution in [0.15, 0.2) is 18.2 Å². The Bertz CT molecular complexity index is 561. The minimum atomic E-state index is -0.971. The number of carboxylic acid groups (broad SMARTS) is 1. The predicted octanol–water partition coefficient (Wildman–Crippen LogP) is 2.49. The SMILES string of the molecule is Cc1ccc(Cl)c(OC(C)C(=O)N2CCCC2C(=O)O)c1. The lowest BCUT2D eigenvalue weighted by molar-refractivity contribution is -0.150. The summed E-state index contributed by atoms with van der Waals surface area (Å²) in [5, 5.41) is 9.56. The fourth-order valence-electron chi connectivity index (χ4n) is 2.46. The highest BCUT2D eigenvalue weighted by atomic mass is 35.5. The van der Waals surface area contributed by atoms with Gasteiger partial charge >= 0.3 is 5.97 Å². The lowest BCUT2D eigenvalue weighted by atomic mass is 10.2. The Kier molecular flexibility index (Phi) is 4.73.